The molecule has 0 radical (unpaired) electrons. The quantitative estimate of drug-likeness (QED) is 0.523. The van der Waals surface area contributed by atoms with Crippen LogP contribution in [-0.2, 0) is 26.5 Å². The van der Waals surface area contributed by atoms with Gasteiger partial charge < -0.3 is 4.42 Å². The van der Waals surface area contributed by atoms with Gasteiger partial charge in [0, 0.05) is 23.2 Å². The van der Waals surface area contributed by atoms with Crippen molar-refractivity contribution in [3.8, 4) is 10.8 Å². The van der Waals surface area contributed by atoms with Gasteiger partial charge in [0.05, 0.1) is 28.2 Å². The molecular weight excluding hydrogens is 486 g/mol. The fraction of sp³-hybridized carbons (Fsp3) is 0.118. The fourth-order valence-electron chi connectivity index (χ4n) is 2.59. The van der Waals surface area contributed by atoms with Gasteiger partial charge in [-0.25, -0.2) is 22.6 Å². The summed E-state index contributed by atoms with van der Waals surface area (Å²) in [5.74, 6) is -0.969. The maximum absolute atomic E-state index is 13.3. The van der Waals surface area contributed by atoms with Gasteiger partial charge in [0.25, 0.3) is 11.8 Å². The van der Waals surface area contributed by atoms with Crippen LogP contribution in [0.25, 0.3) is 10.8 Å². The molecule has 2 aromatic heterocycles. The number of halogens is 2. The summed E-state index contributed by atoms with van der Waals surface area (Å²) in [4.78, 5) is 4.46. The summed E-state index contributed by atoms with van der Waals surface area (Å²) in [5, 5.41) is 9.15. The van der Waals surface area contributed by atoms with Crippen LogP contribution in [0.5, 0.6) is 0 Å². The molecule has 4 rings (SSSR count). The molecule has 0 spiro atoms. The number of nitrogens with one attached hydrogen (secondary N) is 1. The number of para-hydroxylation sites is 1. The molecule has 15 heteroatoms. The largest absolute Gasteiger partial charge is 0.414 e. The molecule has 0 saturated carbocycles. The molecule has 0 bridgehead atoms. The van der Waals surface area contributed by atoms with Gasteiger partial charge in [0.1, 0.15) is 9.88 Å². The van der Waals surface area contributed by atoms with Crippen molar-refractivity contribution < 1.29 is 25.8 Å². The third-order valence-electron chi connectivity index (χ3n) is 4.08. The van der Waals surface area contributed by atoms with E-state index in [1.54, 1.807) is 30.3 Å². The van der Waals surface area contributed by atoms with E-state index in [2.05, 4.69) is 15.2 Å². The van der Waals surface area contributed by atoms with Crippen molar-refractivity contribution >= 4 is 37.0 Å². The van der Waals surface area contributed by atoms with Crippen molar-refractivity contribution in [3.63, 3.8) is 0 Å². The third-order valence-corrected chi connectivity index (χ3v) is 7.77. The second-order valence-corrected chi connectivity index (χ2v) is 11.0. The second kappa shape index (κ2) is 8.40. The van der Waals surface area contributed by atoms with Crippen molar-refractivity contribution in [1.82, 2.24) is 19.5 Å². The molecule has 10 nitrogen and oxygen atoms in total. The molecule has 3 heterocycles. The van der Waals surface area contributed by atoms with Crippen LogP contribution >= 0.6 is 11.3 Å². The highest BCUT2D eigenvalue weighted by molar-refractivity contribution is 7.98. The third kappa shape index (κ3) is 4.53. The van der Waals surface area contributed by atoms with E-state index >= 15 is 0 Å². The number of hydrogen-bond donors (Lipinski definition) is 1. The normalized spacial score (nSPS) is 15.4. The fourth-order valence-corrected chi connectivity index (χ4v) is 5.70. The lowest BCUT2D eigenvalue weighted by Crippen LogP contribution is -2.39. The van der Waals surface area contributed by atoms with Gasteiger partial charge in [-0.2, -0.15) is 17.2 Å². The van der Waals surface area contributed by atoms with Crippen molar-refractivity contribution in [1.29, 1.82) is 4.78 Å². The molecular formula is C17H14F2N6O4S3. The van der Waals surface area contributed by atoms with E-state index < -0.39 is 32.3 Å². The second-order valence-electron chi connectivity index (χ2n) is 6.26. The maximum atomic E-state index is 13.3. The average Bonchev–Trinajstić information content (AvgIpc) is 3.42. The lowest BCUT2D eigenvalue weighted by molar-refractivity contribution is 0.116. The van der Waals surface area contributed by atoms with Crippen LogP contribution < -0.4 is 4.31 Å². The predicted octanol–water partition coefficient (Wildman–Crippen LogP) is 3.69. The van der Waals surface area contributed by atoms with E-state index in [9.17, 15) is 21.4 Å². The van der Waals surface area contributed by atoms with Crippen LogP contribution in [0.1, 0.15) is 17.3 Å². The average molecular weight is 501 g/mol. The van der Waals surface area contributed by atoms with Crippen LogP contribution in [0.2, 0.25) is 0 Å². The highest BCUT2D eigenvalue weighted by atomic mass is 32.2. The molecule has 32 heavy (non-hydrogen) atoms. The molecule has 0 aliphatic carbocycles. The van der Waals surface area contributed by atoms with Gasteiger partial charge in [-0.3, -0.25) is 0 Å². The monoisotopic (exact) mass is 500 g/mol. The Hall–Kier alpha value is -3.17. The number of thiazole rings is 1. The zero-order chi connectivity index (χ0) is 22.9. The lowest BCUT2D eigenvalue weighted by Gasteiger charge is -2.29. The summed E-state index contributed by atoms with van der Waals surface area (Å²) in [6.07, 6.45) is 0.525. The Morgan fingerprint density at radius 1 is 1.19 bits per heavy atom. The molecule has 0 amide bonds. The van der Waals surface area contributed by atoms with Crippen LogP contribution in [0.4, 0.5) is 14.5 Å². The highest BCUT2D eigenvalue weighted by Gasteiger charge is 2.30. The van der Waals surface area contributed by atoms with E-state index in [1.807, 2.05) is 0 Å². The lowest BCUT2D eigenvalue weighted by atomic mass is 10.3. The number of nitrogens with zero attached hydrogens (tertiary/aromatic N) is 5. The van der Waals surface area contributed by atoms with E-state index in [-0.39, 0.29) is 12.4 Å². The Morgan fingerprint density at radius 3 is 2.50 bits per heavy atom. The zero-order valence-corrected chi connectivity index (χ0v) is 18.4. The number of anilines is 1. The highest BCUT2D eigenvalue weighted by Crippen LogP contribution is 2.31. The number of hydrogen-bond acceptors (Lipinski definition) is 9. The number of alkyl halides is 2. The Labute approximate surface area is 185 Å². The summed E-state index contributed by atoms with van der Waals surface area (Å²) >= 11 is 1.01. The topological polar surface area (TPSA) is 133 Å². The molecule has 1 aliphatic rings. The molecule has 0 fully saturated rings. The molecule has 1 N–H and O–H groups in total. The first kappa shape index (κ1) is 22.0. The van der Waals surface area contributed by atoms with Crippen molar-refractivity contribution in [2.75, 3.05) is 4.31 Å². The minimum atomic E-state index is -4.19. The number of rotatable bonds is 7. The van der Waals surface area contributed by atoms with Gasteiger partial charge in [-0.05, 0) is 12.1 Å². The Kier molecular flexibility index (Phi) is 5.79. The first-order valence-electron chi connectivity index (χ1n) is 8.74. The summed E-state index contributed by atoms with van der Waals surface area (Å²) < 4.78 is 78.1. The predicted molar refractivity (Wildman–Crippen MR) is 113 cm³/mol. The standard InChI is InChI=1S/C17H14F2N6O4S3/c18-15(19)17-23-22-16(29-17)13-10-21-14(30-13)11-25(12-4-2-1-3-5-12)32(27,28)24-6-8-31(20,26)9-7-24/h1-10,15,20H,11H2. The summed E-state index contributed by atoms with van der Waals surface area (Å²) in [5.41, 5.74) is 0.334. The van der Waals surface area contributed by atoms with Crippen molar-refractivity contribution in [2.45, 2.75) is 13.0 Å². The Morgan fingerprint density at radius 2 is 1.88 bits per heavy atom. The van der Waals surface area contributed by atoms with Crippen LogP contribution in [0.15, 0.2) is 64.2 Å². The van der Waals surface area contributed by atoms with Gasteiger partial charge in [-0.15, -0.1) is 21.5 Å². The molecule has 0 atom stereocenters. The number of aromatic nitrogens is 3. The van der Waals surface area contributed by atoms with E-state index in [0.29, 0.717) is 15.6 Å². The smallest absolute Gasteiger partial charge is 0.330 e. The first-order valence-corrected chi connectivity index (χ1v) is 12.6. The Balaban J connectivity index is 1.66. The van der Waals surface area contributed by atoms with Crippen molar-refractivity contribution in [3.05, 3.63) is 70.6 Å². The van der Waals surface area contributed by atoms with Crippen molar-refractivity contribution in [2.24, 2.45) is 0 Å². The molecule has 0 unspecified atom stereocenters. The summed E-state index contributed by atoms with van der Waals surface area (Å²) in [7, 11) is -7.32. The number of benzene rings is 1. The van der Waals surface area contributed by atoms with Crippen LogP contribution in [-0.4, -0.2) is 32.1 Å². The van der Waals surface area contributed by atoms with Gasteiger partial charge in [0.2, 0.25) is 0 Å². The van der Waals surface area contributed by atoms with Gasteiger partial charge in [-0.1, -0.05) is 18.2 Å². The zero-order valence-electron chi connectivity index (χ0n) is 15.9. The molecule has 3 aromatic rings. The Bertz CT molecular complexity index is 1360. The summed E-state index contributed by atoms with van der Waals surface area (Å²) in [6, 6.07) is 8.22. The van der Waals surface area contributed by atoms with Gasteiger partial charge in [0.15, 0.2) is 0 Å². The van der Waals surface area contributed by atoms with E-state index in [0.717, 1.165) is 43.2 Å². The molecule has 0 saturated heterocycles. The molecule has 168 valence electrons. The van der Waals surface area contributed by atoms with Gasteiger partial charge >= 0.3 is 16.6 Å². The summed E-state index contributed by atoms with van der Waals surface area (Å²) in [6.45, 7) is -0.193. The molecule has 1 aromatic carbocycles. The SMILES string of the molecule is N=S1(=O)C=CN(S(=O)(=O)N(Cc2ncc(-c3nnc(C(F)F)o3)s2)c2ccccc2)C=C1. The molecule has 1 aliphatic heterocycles. The van der Waals surface area contributed by atoms with E-state index in [1.165, 1.54) is 6.20 Å². The maximum Gasteiger partial charge on any atom is 0.330 e. The first-order chi connectivity index (χ1) is 15.2. The van der Waals surface area contributed by atoms with Crippen LogP contribution in [0.3, 0.4) is 0 Å². The van der Waals surface area contributed by atoms with E-state index in [4.69, 9.17) is 9.20 Å². The minimum Gasteiger partial charge on any atom is -0.414 e. The van der Waals surface area contributed by atoms with Crippen LogP contribution in [0, 0.1) is 4.78 Å². The minimum absolute atomic E-state index is 0.148.